The van der Waals surface area contributed by atoms with Crippen LogP contribution < -0.4 is 61.6 Å². The summed E-state index contributed by atoms with van der Waals surface area (Å²) in [7, 11) is -4.49. The summed E-state index contributed by atoms with van der Waals surface area (Å²) in [5.74, 6) is 0. The Bertz CT molecular complexity index is 1020. The van der Waals surface area contributed by atoms with E-state index in [0.29, 0.717) is 6.54 Å². The van der Waals surface area contributed by atoms with Crippen LogP contribution in [0, 0.1) is 0 Å². The molecule has 1 unspecified atom stereocenters. The van der Waals surface area contributed by atoms with Gasteiger partial charge in [-0.05, 0) is 36.6 Å². The number of hydrogen-bond donors (Lipinski definition) is 1. The molecule has 0 saturated heterocycles. The van der Waals surface area contributed by atoms with Crippen LogP contribution in [0.15, 0.2) is 53.4 Å². The van der Waals surface area contributed by atoms with E-state index in [9.17, 15) is 13.0 Å². The van der Waals surface area contributed by atoms with Gasteiger partial charge in [-0.1, -0.05) is 127 Å². The number of nitrogens with zero attached hydrogens (tertiary/aromatic N) is 1. The molecule has 1 N–H and O–H groups in total. The topological polar surface area (TPSA) is 72.5 Å². The van der Waals surface area contributed by atoms with E-state index in [1.807, 2.05) is 18.2 Å². The summed E-state index contributed by atoms with van der Waals surface area (Å²) >= 11 is 0. The van der Waals surface area contributed by atoms with Crippen LogP contribution in [0.2, 0.25) is 0 Å². The van der Waals surface area contributed by atoms with E-state index in [-0.39, 0.29) is 62.4 Å². The maximum Gasteiger partial charge on any atom is 1.00 e. The number of nitrogens with one attached hydrogen (secondary N) is 1. The van der Waals surface area contributed by atoms with E-state index in [1.165, 1.54) is 102 Å². The molecule has 1 aliphatic heterocycles. The Morgan fingerprint density at radius 3 is 1.82 bits per heavy atom. The number of unbranched alkanes of at least 4 members (excludes halogenated alkanes) is 14. The smallest absolute Gasteiger partial charge is 0.744 e. The van der Waals surface area contributed by atoms with Gasteiger partial charge < -0.3 is 14.8 Å². The Balaban J connectivity index is 0.00000507. The Labute approximate surface area is 274 Å². The molecule has 38 heavy (non-hydrogen) atoms. The summed E-state index contributed by atoms with van der Waals surface area (Å²) in [6, 6.07) is 14.8. The van der Waals surface area contributed by atoms with Crippen LogP contribution in [0.5, 0.6) is 0 Å². The van der Waals surface area contributed by atoms with Crippen molar-refractivity contribution in [1.82, 2.24) is 0 Å². The molecule has 1 heterocycles. The van der Waals surface area contributed by atoms with Gasteiger partial charge in [0.2, 0.25) is 0 Å². The molecule has 1 aliphatic rings. The fourth-order valence-corrected chi connectivity index (χ4v) is 5.86. The van der Waals surface area contributed by atoms with E-state index < -0.39 is 10.1 Å². The zero-order chi connectivity index (χ0) is 26.3. The van der Waals surface area contributed by atoms with Gasteiger partial charge in [-0.2, -0.15) is 0 Å². The number of hydrogen-bond acceptors (Lipinski definition) is 5. The molecule has 2 aromatic carbocycles. The van der Waals surface area contributed by atoms with Crippen LogP contribution in [-0.2, 0) is 16.7 Å². The molecule has 0 amide bonds. The van der Waals surface area contributed by atoms with Crippen LogP contribution in [0.3, 0.4) is 0 Å². The van der Waals surface area contributed by atoms with Crippen LogP contribution in [0.1, 0.15) is 115 Å². The third kappa shape index (κ3) is 12.0. The largest absolute Gasteiger partial charge is 1.00 e. The van der Waals surface area contributed by atoms with Crippen LogP contribution in [-0.4, -0.2) is 19.1 Å². The van der Waals surface area contributed by atoms with Crippen LogP contribution in [0.25, 0.3) is 0 Å². The summed E-state index contributed by atoms with van der Waals surface area (Å²) in [5.41, 5.74) is 2.86. The van der Waals surface area contributed by atoms with Crippen molar-refractivity contribution in [2.45, 2.75) is 127 Å². The molecule has 0 aromatic heterocycles. The van der Waals surface area contributed by atoms with E-state index in [1.54, 1.807) is 6.07 Å². The van der Waals surface area contributed by atoms with E-state index in [2.05, 4.69) is 29.3 Å². The molecular weight excluding hydrogens is 520 g/mol. The zero-order valence-electron chi connectivity index (χ0n) is 23.8. The van der Waals surface area contributed by atoms with Crippen molar-refractivity contribution >= 4 is 21.5 Å². The van der Waals surface area contributed by atoms with Crippen molar-refractivity contribution in [1.29, 1.82) is 0 Å². The molecule has 206 valence electrons. The van der Waals surface area contributed by atoms with Crippen molar-refractivity contribution < 1.29 is 64.4 Å². The summed E-state index contributed by atoms with van der Waals surface area (Å²) < 4.78 is 34.8. The molecule has 0 bridgehead atoms. The average molecular weight is 567 g/mol. The van der Waals surface area contributed by atoms with E-state index in [4.69, 9.17) is 0 Å². The summed E-state index contributed by atoms with van der Waals surface area (Å²) in [6.45, 7) is 2.95. The first-order chi connectivity index (χ1) is 18.0. The monoisotopic (exact) mass is 566 g/mol. The Morgan fingerprint density at radius 2 is 1.29 bits per heavy atom. The molecule has 0 fully saturated rings. The predicted molar refractivity (Wildman–Crippen MR) is 154 cm³/mol. The minimum absolute atomic E-state index is 0. The molecule has 3 rings (SSSR count). The van der Waals surface area contributed by atoms with Gasteiger partial charge in [-0.3, -0.25) is 0 Å². The molecule has 7 heteroatoms. The number of anilines is 2. The van der Waals surface area contributed by atoms with Crippen molar-refractivity contribution in [2.24, 2.45) is 0 Å². The maximum absolute atomic E-state index is 11.6. The first-order valence-corrected chi connectivity index (χ1v) is 16.1. The van der Waals surface area contributed by atoms with Crippen molar-refractivity contribution in [2.75, 3.05) is 10.2 Å². The third-order valence-corrected chi connectivity index (χ3v) is 8.37. The number of rotatable bonds is 19. The minimum Gasteiger partial charge on any atom is -0.744 e. The Kier molecular flexibility index (Phi) is 16.8. The molecule has 0 saturated carbocycles. The van der Waals surface area contributed by atoms with E-state index in [0.717, 1.165) is 29.8 Å². The normalized spacial score (nSPS) is 14.7. The molecule has 0 spiro atoms. The second-order valence-electron chi connectivity index (χ2n) is 10.6. The minimum atomic E-state index is -4.49. The predicted octanol–water partition coefficient (Wildman–Crippen LogP) is 5.61. The van der Waals surface area contributed by atoms with E-state index >= 15 is 0 Å². The molecule has 2 aromatic rings. The summed E-state index contributed by atoms with van der Waals surface area (Å²) in [4.78, 5) is 2.04. The Morgan fingerprint density at radius 1 is 0.763 bits per heavy atom. The summed E-state index contributed by atoms with van der Waals surface area (Å²) in [6.07, 6.45) is 21.3. The first-order valence-electron chi connectivity index (χ1n) is 14.7. The standard InChI is InChI=1S/C31H48N2O3S.K/c1-2-3-4-5-6-7-8-9-10-11-12-13-14-15-19-22-31-32-29-24-23-28(37(34,35)36)25-30(29)33(31)26-27-20-17-16-18-21-27;/h16-18,20-21,23-25,31-32H,2-15,19,22,26H2,1H3,(H,34,35,36);/q;+1/p-1. The quantitative estimate of drug-likeness (QED) is 0.136. The molecule has 1 atom stereocenters. The maximum atomic E-state index is 11.6. The van der Waals surface area contributed by atoms with Crippen LogP contribution in [0.4, 0.5) is 11.4 Å². The average Bonchev–Trinajstić information content (AvgIpc) is 3.23. The number of benzene rings is 2. The molecular formula is C31H47KN2O3S. The van der Waals surface area contributed by atoms with Gasteiger partial charge >= 0.3 is 51.4 Å². The van der Waals surface area contributed by atoms with Gasteiger partial charge in [0, 0.05) is 6.54 Å². The zero-order valence-corrected chi connectivity index (χ0v) is 27.7. The SMILES string of the molecule is CCCCCCCCCCCCCCCCCC1Nc2ccc(S(=O)(=O)[O-])cc2N1Cc1ccccc1.[K+]. The van der Waals surface area contributed by atoms with Gasteiger partial charge in [-0.15, -0.1) is 0 Å². The molecule has 0 radical (unpaired) electrons. The van der Waals surface area contributed by atoms with Crippen molar-refractivity contribution in [3.63, 3.8) is 0 Å². The number of fused-ring (bicyclic) bond motifs is 1. The van der Waals surface area contributed by atoms with Gasteiger partial charge in [0.25, 0.3) is 0 Å². The second-order valence-corrected chi connectivity index (χ2v) is 12.0. The summed E-state index contributed by atoms with van der Waals surface area (Å²) in [5, 5.41) is 3.56. The van der Waals surface area contributed by atoms with Crippen LogP contribution >= 0.6 is 0 Å². The van der Waals surface area contributed by atoms with Gasteiger partial charge in [0.1, 0.15) is 10.1 Å². The fraction of sp³-hybridized carbons (Fsp3) is 0.613. The fourth-order valence-electron chi connectivity index (χ4n) is 5.36. The second kappa shape index (κ2) is 18.8. The molecule has 0 aliphatic carbocycles. The van der Waals surface area contributed by atoms with Crippen molar-refractivity contribution in [3.05, 3.63) is 54.1 Å². The van der Waals surface area contributed by atoms with Gasteiger partial charge in [0.05, 0.1) is 22.4 Å². The Hall–Kier alpha value is -0.414. The first kappa shape index (κ1) is 33.8. The third-order valence-electron chi connectivity index (χ3n) is 7.54. The van der Waals surface area contributed by atoms with Crippen molar-refractivity contribution in [3.8, 4) is 0 Å². The van der Waals surface area contributed by atoms with Gasteiger partial charge in [-0.25, -0.2) is 8.42 Å². The van der Waals surface area contributed by atoms with Gasteiger partial charge in [0.15, 0.2) is 0 Å². The molecule has 5 nitrogen and oxygen atoms in total.